The van der Waals surface area contributed by atoms with E-state index < -0.39 is 0 Å². The van der Waals surface area contributed by atoms with E-state index in [1.54, 1.807) is 0 Å². The van der Waals surface area contributed by atoms with E-state index in [1.807, 2.05) is 13.8 Å². The molecule has 0 saturated heterocycles. The van der Waals surface area contributed by atoms with Crippen LogP contribution in [0.2, 0.25) is 0 Å². The van der Waals surface area contributed by atoms with E-state index in [0.717, 1.165) is 0 Å². The quantitative estimate of drug-likeness (QED) is 0.566. The van der Waals surface area contributed by atoms with Crippen molar-refractivity contribution >= 4 is 5.91 Å². The van der Waals surface area contributed by atoms with E-state index in [-0.39, 0.29) is 18.6 Å². The molecule has 0 bridgehead atoms. The summed E-state index contributed by atoms with van der Waals surface area (Å²) in [7, 11) is 0. The summed E-state index contributed by atoms with van der Waals surface area (Å²) in [5.41, 5.74) is 0. The zero-order chi connectivity index (χ0) is 10.1. The summed E-state index contributed by atoms with van der Waals surface area (Å²) in [4.78, 5) is 11.1. The van der Waals surface area contributed by atoms with Gasteiger partial charge in [-0.25, -0.2) is 0 Å². The maximum absolute atomic E-state index is 11.1. The van der Waals surface area contributed by atoms with E-state index >= 15 is 0 Å². The molecule has 1 amide bonds. The zero-order valence-electron chi connectivity index (χ0n) is 8.38. The second-order valence-electron chi connectivity index (χ2n) is 2.93. The molecule has 0 aliphatic carbocycles. The van der Waals surface area contributed by atoms with E-state index in [4.69, 9.17) is 9.84 Å². The van der Waals surface area contributed by atoms with E-state index in [9.17, 15) is 4.79 Å². The number of amides is 1. The smallest absolute Gasteiger partial charge is 0.222 e. The second kappa shape index (κ2) is 8.01. The maximum Gasteiger partial charge on any atom is 0.222 e. The summed E-state index contributed by atoms with van der Waals surface area (Å²) in [5, 5.41) is 11.3. The highest BCUT2D eigenvalue weighted by atomic mass is 16.5. The highest BCUT2D eigenvalue weighted by molar-refractivity contribution is 5.76. The average molecular weight is 189 g/mol. The highest BCUT2D eigenvalue weighted by Gasteiger charge is 2.05. The Morgan fingerprint density at radius 3 is 2.85 bits per heavy atom. The summed E-state index contributed by atoms with van der Waals surface area (Å²) in [6.45, 7) is 4.97. The molecule has 4 heteroatoms. The Labute approximate surface area is 79.3 Å². The fourth-order valence-electron chi connectivity index (χ4n) is 0.922. The standard InChI is InChI=1S/C9H19NO3/c1-3-13-7-5-9(12)10-8(2)4-6-11/h8,11H,3-7H2,1-2H3,(H,10,12). The van der Waals surface area contributed by atoms with Crippen LogP contribution in [0.3, 0.4) is 0 Å². The number of hydrogen-bond acceptors (Lipinski definition) is 3. The van der Waals surface area contributed by atoms with Gasteiger partial charge in [0.25, 0.3) is 0 Å². The van der Waals surface area contributed by atoms with Crippen LogP contribution in [-0.2, 0) is 9.53 Å². The van der Waals surface area contributed by atoms with Crippen LogP contribution in [0.15, 0.2) is 0 Å². The predicted octanol–water partition coefficient (Wildman–Crippen LogP) is 0.300. The normalized spacial score (nSPS) is 12.5. The molecule has 0 saturated carbocycles. The molecule has 0 aromatic heterocycles. The van der Waals surface area contributed by atoms with Crippen molar-refractivity contribution in [2.45, 2.75) is 32.7 Å². The van der Waals surface area contributed by atoms with Gasteiger partial charge in [0.2, 0.25) is 5.91 Å². The molecule has 2 N–H and O–H groups in total. The van der Waals surface area contributed by atoms with Crippen LogP contribution in [0, 0.1) is 0 Å². The summed E-state index contributed by atoms with van der Waals surface area (Å²) >= 11 is 0. The van der Waals surface area contributed by atoms with Gasteiger partial charge in [0.1, 0.15) is 0 Å². The largest absolute Gasteiger partial charge is 0.396 e. The van der Waals surface area contributed by atoms with Crippen LogP contribution in [-0.4, -0.2) is 36.9 Å². The summed E-state index contributed by atoms with van der Waals surface area (Å²) in [6, 6.07) is 0.0409. The molecular formula is C9H19NO3. The maximum atomic E-state index is 11.1. The monoisotopic (exact) mass is 189 g/mol. The summed E-state index contributed by atoms with van der Waals surface area (Å²) in [6.07, 6.45) is 0.990. The summed E-state index contributed by atoms with van der Waals surface area (Å²) in [5.74, 6) is -0.0191. The van der Waals surface area contributed by atoms with Crippen molar-refractivity contribution in [3.05, 3.63) is 0 Å². The van der Waals surface area contributed by atoms with Crippen molar-refractivity contribution in [3.63, 3.8) is 0 Å². The molecule has 13 heavy (non-hydrogen) atoms. The Kier molecular flexibility index (Phi) is 7.63. The van der Waals surface area contributed by atoms with Gasteiger partial charge in [-0.1, -0.05) is 0 Å². The average Bonchev–Trinajstić information content (AvgIpc) is 2.05. The number of carbonyl (C=O) groups excluding carboxylic acids is 1. The van der Waals surface area contributed by atoms with Gasteiger partial charge in [-0.15, -0.1) is 0 Å². The first-order valence-corrected chi connectivity index (χ1v) is 4.68. The van der Waals surface area contributed by atoms with E-state index in [2.05, 4.69) is 5.32 Å². The van der Waals surface area contributed by atoms with Crippen molar-refractivity contribution in [1.29, 1.82) is 0 Å². The van der Waals surface area contributed by atoms with Gasteiger partial charge in [-0.2, -0.15) is 0 Å². The molecule has 0 aliphatic heterocycles. The molecule has 78 valence electrons. The van der Waals surface area contributed by atoms with Gasteiger partial charge in [-0.3, -0.25) is 4.79 Å². The van der Waals surface area contributed by atoms with Crippen LogP contribution in [0.1, 0.15) is 26.7 Å². The Morgan fingerprint density at radius 1 is 1.62 bits per heavy atom. The third-order valence-electron chi connectivity index (χ3n) is 1.65. The van der Waals surface area contributed by atoms with Gasteiger partial charge in [0.05, 0.1) is 6.61 Å². The molecule has 0 heterocycles. The number of aliphatic hydroxyl groups is 1. The fourth-order valence-corrected chi connectivity index (χ4v) is 0.922. The first-order chi connectivity index (χ1) is 6.20. The SMILES string of the molecule is CCOCCC(=O)NC(C)CCO. The van der Waals surface area contributed by atoms with Crippen LogP contribution >= 0.6 is 0 Å². The lowest BCUT2D eigenvalue weighted by Crippen LogP contribution is -2.33. The predicted molar refractivity (Wildman–Crippen MR) is 50.4 cm³/mol. The fraction of sp³-hybridized carbons (Fsp3) is 0.889. The molecule has 1 atom stereocenters. The van der Waals surface area contributed by atoms with E-state index in [1.165, 1.54) is 0 Å². The third-order valence-corrected chi connectivity index (χ3v) is 1.65. The van der Waals surface area contributed by atoms with Crippen LogP contribution in [0.4, 0.5) is 0 Å². The third kappa shape index (κ3) is 7.74. The topological polar surface area (TPSA) is 58.6 Å². The lowest BCUT2D eigenvalue weighted by molar-refractivity contribution is -0.122. The van der Waals surface area contributed by atoms with Gasteiger partial charge in [0, 0.05) is 25.7 Å². The number of carbonyl (C=O) groups is 1. The Bertz CT molecular complexity index is 139. The molecule has 4 nitrogen and oxygen atoms in total. The number of aliphatic hydroxyl groups excluding tert-OH is 1. The van der Waals surface area contributed by atoms with Crippen LogP contribution in [0.25, 0.3) is 0 Å². The first kappa shape index (κ1) is 12.4. The van der Waals surface area contributed by atoms with Gasteiger partial charge in [0.15, 0.2) is 0 Å². The molecule has 0 spiro atoms. The minimum Gasteiger partial charge on any atom is -0.396 e. The van der Waals surface area contributed by atoms with Crippen LogP contribution in [0.5, 0.6) is 0 Å². The van der Waals surface area contributed by atoms with Gasteiger partial charge >= 0.3 is 0 Å². The van der Waals surface area contributed by atoms with Crippen LogP contribution < -0.4 is 5.32 Å². The molecule has 0 rings (SSSR count). The van der Waals surface area contributed by atoms with Crippen molar-refractivity contribution in [2.24, 2.45) is 0 Å². The number of hydrogen-bond donors (Lipinski definition) is 2. The molecule has 0 aromatic rings. The lowest BCUT2D eigenvalue weighted by atomic mass is 10.2. The number of nitrogens with one attached hydrogen (secondary N) is 1. The number of rotatable bonds is 7. The Hall–Kier alpha value is -0.610. The van der Waals surface area contributed by atoms with E-state index in [0.29, 0.717) is 26.1 Å². The molecular weight excluding hydrogens is 170 g/mol. The second-order valence-corrected chi connectivity index (χ2v) is 2.93. The molecule has 1 unspecified atom stereocenters. The molecule has 0 fully saturated rings. The summed E-state index contributed by atoms with van der Waals surface area (Å²) < 4.78 is 5.04. The zero-order valence-corrected chi connectivity index (χ0v) is 8.38. The van der Waals surface area contributed by atoms with Gasteiger partial charge in [-0.05, 0) is 20.3 Å². The minimum absolute atomic E-state index is 0.0191. The Balaban J connectivity index is 3.38. The molecule has 0 aliphatic rings. The first-order valence-electron chi connectivity index (χ1n) is 4.68. The number of ether oxygens (including phenoxy) is 1. The molecule has 0 aromatic carbocycles. The lowest BCUT2D eigenvalue weighted by Gasteiger charge is -2.11. The highest BCUT2D eigenvalue weighted by Crippen LogP contribution is 1.90. The van der Waals surface area contributed by atoms with Crippen molar-refractivity contribution in [3.8, 4) is 0 Å². The van der Waals surface area contributed by atoms with Crippen molar-refractivity contribution in [2.75, 3.05) is 19.8 Å². The Morgan fingerprint density at radius 2 is 2.31 bits per heavy atom. The van der Waals surface area contributed by atoms with Crippen molar-refractivity contribution in [1.82, 2.24) is 5.32 Å². The minimum atomic E-state index is -0.0191. The van der Waals surface area contributed by atoms with Crippen molar-refractivity contribution < 1.29 is 14.6 Å². The van der Waals surface area contributed by atoms with Gasteiger partial charge < -0.3 is 15.2 Å². The molecule has 0 radical (unpaired) electrons.